The van der Waals surface area contributed by atoms with Crippen molar-refractivity contribution in [3.8, 4) is 5.75 Å². The van der Waals surface area contributed by atoms with Crippen LogP contribution in [0.25, 0.3) is 10.9 Å². The molecule has 1 unspecified atom stereocenters. The highest BCUT2D eigenvalue weighted by Gasteiger charge is 2.28. The number of methoxy groups -OCH3 is 1. The maximum Gasteiger partial charge on any atom is 0.172 e. The molecule has 3 heteroatoms. The van der Waals surface area contributed by atoms with Gasteiger partial charge in [-0.2, -0.15) is 0 Å². The zero-order chi connectivity index (χ0) is 17.1. The van der Waals surface area contributed by atoms with Crippen LogP contribution in [0.5, 0.6) is 5.75 Å². The van der Waals surface area contributed by atoms with Crippen molar-refractivity contribution in [3.05, 3.63) is 71.9 Å². The summed E-state index contributed by atoms with van der Waals surface area (Å²) in [6, 6.07) is 17.5. The number of benzene rings is 2. The summed E-state index contributed by atoms with van der Waals surface area (Å²) in [5, 5.41) is 0.978. The number of carbonyl (C=O) groups excluding carboxylic acids is 1. The van der Waals surface area contributed by atoms with E-state index in [1.807, 2.05) is 54.6 Å². The number of para-hydroxylation sites is 2. The molecule has 3 aromatic rings. The van der Waals surface area contributed by atoms with Crippen molar-refractivity contribution in [1.29, 1.82) is 0 Å². The molecule has 0 saturated heterocycles. The number of ketones is 1. The molecule has 1 heterocycles. The van der Waals surface area contributed by atoms with Crippen LogP contribution in [0.2, 0.25) is 0 Å². The maximum absolute atomic E-state index is 13.2. The summed E-state index contributed by atoms with van der Waals surface area (Å²) in [6.07, 6.45) is 1.68. The second-order valence-corrected chi connectivity index (χ2v) is 6.24. The van der Waals surface area contributed by atoms with E-state index in [0.717, 1.165) is 22.2 Å². The summed E-state index contributed by atoms with van der Waals surface area (Å²) in [5.41, 5.74) is 2.46. The zero-order valence-electron chi connectivity index (χ0n) is 14.2. The second kappa shape index (κ2) is 6.83. The first-order valence-corrected chi connectivity index (χ1v) is 8.13. The van der Waals surface area contributed by atoms with Gasteiger partial charge in [0.2, 0.25) is 0 Å². The molecule has 3 nitrogen and oxygen atoms in total. The molecule has 0 aliphatic rings. The van der Waals surface area contributed by atoms with Gasteiger partial charge < -0.3 is 4.74 Å². The van der Waals surface area contributed by atoms with Crippen molar-refractivity contribution < 1.29 is 9.53 Å². The Morgan fingerprint density at radius 1 is 1.04 bits per heavy atom. The van der Waals surface area contributed by atoms with Gasteiger partial charge in [0.1, 0.15) is 5.75 Å². The molecule has 3 rings (SSSR count). The molecule has 0 radical (unpaired) electrons. The predicted octanol–water partition coefficient (Wildman–Crippen LogP) is 4.87. The molecule has 1 atom stereocenters. The van der Waals surface area contributed by atoms with E-state index in [2.05, 4.69) is 18.8 Å². The lowest BCUT2D eigenvalue weighted by Gasteiger charge is -2.22. The lowest BCUT2D eigenvalue weighted by atomic mass is 9.82. The first-order chi connectivity index (χ1) is 11.6. The minimum Gasteiger partial charge on any atom is -0.496 e. The average molecular weight is 319 g/mol. The third-order valence-electron chi connectivity index (χ3n) is 4.30. The number of hydrogen-bond acceptors (Lipinski definition) is 3. The Hall–Kier alpha value is -2.68. The number of fused-ring (bicyclic) bond motifs is 1. The minimum atomic E-state index is -0.260. The highest BCUT2D eigenvalue weighted by atomic mass is 16.5. The van der Waals surface area contributed by atoms with Gasteiger partial charge in [-0.05, 0) is 24.1 Å². The highest BCUT2D eigenvalue weighted by Crippen LogP contribution is 2.34. The van der Waals surface area contributed by atoms with Gasteiger partial charge in [0.25, 0.3) is 0 Å². The third-order valence-corrected chi connectivity index (χ3v) is 4.30. The van der Waals surface area contributed by atoms with Gasteiger partial charge in [-0.3, -0.25) is 9.78 Å². The van der Waals surface area contributed by atoms with Gasteiger partial charge in [-0.1, -0.05) is 50.2 Å². The number of rotatable bonds is 5. The standard InChI is InChI=1S/C21H21NO2/c1-14(2)20(17-9-5-7-11-19(17)24-3)21(23)16-12-15-8-4-6-10-18(15)22-13-16/h4-14,20H,1-3H3. The summed E-state index contributed by atoms with van der Waals surface area (Å²) < 4.78 is 5.46. The van der Waals surface area contributed by atoms with Gasteiger partial charge in [0.15, 0.2) is 5.78 Å². The molecule has 2 aromatic carbocycles. The molecule has 0 aliphatic carbocycles. The maximum atomic E-state index is 13.2. The SMILES string of the molecule is COc1ccccc1C(C(=O)c1cnc2ccccc2c1)C(C)C. The topological polar surface area (TPSA) is 39.2 Å². The summed E-state index contributed by atoms with van der Waals surface area (Å²) in [5.74, 6) is 0.718. The first kappa shape index (κ1) is 16.2. The number of carbonyl (C=O) groups is 1. The van der Waals surface area contributed by atoms with Crippen LogP contribution >= 0.6 is 0 Å². The molecule has 0 saturated carbocycles. The Bertz CT molecular complexity index is 870. The molecular formula is C21H21NO2. The number of hydrogen-bond donors (Lipinski definition) is 0. The molecule has 24 heavy (non-hydrogen) atoms. The van der Waals surface area contributed by atoms with Gasteiger partial charge in [-0.15, -0.1) is 0 Å². The van der Waals surface area contributed by atoms with E-state index in [1.54, 1.807) is 13.3 Å². The molecule has 0 N–H and O–H groups in total. The zero-order valence-corrected chi connectivity index (χ0v) is 14.2. The predicted molar refractivity (Wildman–Crippen MR) is 96.6 cm³/mol. The van der Waals surface area contributed by atoms with Crippen molar-refractivity contribution in [2.24, 2.45) is 5.92 Å². The van der Waals surface area contributed by atoms with Crippen molar-refractivity contribution in [3.63, 3.8) is 0 Å². The fourth-order valence-electron chi connectivity index (χ4n) is 3.11. The van der Waals surface area contributed by atoms with Crippen molar-refractivity contribution in [1.82, 2.24) is 4.98 Å². The summed E-state index contributed by atoms with van der Waals surface area (Å²) >= 11 is 0. The molecule has 0 aliphatic heterocycles. The number of nitrogens with zero attached hydrogens (tertiary/aromatic N) is 1. The summed E-state index contributed by atoms with van der Waals surface area (Å²) in [7, 11) is 1.64. The second-order valence-electron chi connectivity index (χ2n) is 6.24. The fourth-order valence-corrected chi connectivity index (χ4v) is 3.11. The average Bonchev–Trinajstić information content (AvgIpc) is 2.61. The molecule has 122 valence electrons. The van der Waals surface area contributed by atoms with Gasteiger partial charge in [0.05, 0.1) is 18.5 Å². The Labute approximate surface area is 142 Å². The molecule has 1 aromatic heterocycles. The van der Waals surface area contributed by atoms with E-state index in [4.69, 9.17) is 4.74 Å². The van der Waals surface area contributed by atoms with Gasteiger partial charge in [0, 0.05) is 22.7 Å². The smallest absolute Gasteiger partial charge is 0.172 e. The number of ether oxygens (including phenoxy) is 1. The van der Waals surface area contributed by atoms with Crippen LogP contribution in [0.1, 0.15) is 35.7 Å². The lowest BCUT2D eigenvalue weighted by molar-refractivity contribution is 0.0936. The van der Waals surface area contributed by atoms with Crippen molar-refractivity contribution in [2.45, 2.75) is 19.8 Å². The van der Waals surface area contributed by atoms with Crippen molar-refractivity contribution >= 4 is 16.7 Å². The number of aromatic nitrogens is 1. The van der Waals surface area contributed by atoms with E-state index < -0.39 is 0 Å². The van der Waals surface area contributed by atoms with Gasteiger partial charge in [-0.25, -0.2) is 0 Å². The van der Waals surface area contributed by atoms with Crippen molar-refractivity contribution in [2.75, 3.05) is 7.11 Å². The first-order valence-electron chi connectivity index (χ1n) is 8.13. The molecular weight excluding hydrogens is 298 g/mol. The molecule has 0 fully saturated rings. The van der Waals surface area contributed by atoms with E-state index >= 15 is 0 Å². The van der Waals surface area contributed by atoms with E-state index in [9.17, 15) is 4.79 Å². The van der Waals surface area contributed by atoms with Crippen LogP contribution in [0.15, 0.2) is 60.8 Å². The van der Waals surface area contributed by atoms with E-state index in [-0.39, 0.29) is 17.6 Å². The van der Waals surface area contributed by atoms with E-state index in [1.165, 1.54) is 0 Å². The minimum absolute atomic E-state index is 0.0766. The third kappa shape index (κ3) is 3.02. The van der Waals surface area contributed by atoms with Crippen LogP contribution in [-0.2, 0) is 0 Å². The van der Waals surface area contributed by atoms with E-state index in [0.29, 0.717) is 5.56 Å². The summed E-state index contributed by atoms with van der Waals surface area (Å²) in [4.78, 5) is 17.6. The Morgan fingerprint density at radius 2 is 1.75 bits per heavy atom. The van der Waals surface area contributed by atoms with Crippen LogP contribution < -0.4 is 4.74 Å². The van der Waals surface area contributed by atoms with Crippen LogP contribution in [0.4, 0.5) is 0 Å². The van der Waals surface area contributed by atoms with Crippen LogP contribution in [0, 0.1) is 5.92 Å². The quantitative estimate of drug-likeness (QED) is 0.630. The Kier molecular flexibility index (Phi) is 4.61. The number of pyridine rings is 1. The fraction of sp³-hybridized carbons (Fsp3) is 0.238. The Morgan fingerprint density at radius 3 is 2.50 bits per heavy atom. The molecule has 0 bridgehead atoms. The van der Waals surface area contributed by atoms with Crippen LogP contribution in [0.3, 0.4) is 0 Å². The number of Topliss-reactive ketones (excluding diaryl/α,β-unsaturated/α-hetero) is 1. The summed E-state index contributed by atoms with van der Waals surface area (Å²) in [6.45, 7) is 4.12. The highest BCUT2D eigenvalue weighted by molar-refractivity contribution is 6.03. The molecule has 0 amide bonds. The molecule has 0 spiro atoms. The van der Waals surface area contributed by atoms with Gasteiger partial charge >= 0.3 is 0 Å². The normalized spacial score (nSPS) is 12.3. The Balaban J connectivity index is 2.06. The monoisotopic (exact) mass is 319 g/mol. The largest absolute Gasteiger partial charge is 0.496 e. The lowest BCUT2D eigenvalue weighted by Crippen LogP contribution is -2.19. The van der Waals surface area contributed by atoms with Crippen LogP contribution in [-0.4, -0.2) is 17.9 Å².